The Kier molecular flexibility index (Phi) is 6.41. The van der Waals surface area contributed by atoms with Crippen LogP contribution in [0, 0.1) is 0 Å². The molecule has 0 unspecified atom stereocenters. The summed E-state index contributed by atoms with van der Waals surface area (Å²) in [6, 6.07) is 6.48. The minimum Gasteiger partial charge on any atom is -0.480 e. The molecule has 2 rings (SSSR count). The number of nitrogens with one attached hydrogen (secondary N) is 1. The van der Waals surface area contributed by atoms with Gasteiger partial charge in [0.2, 0.25) is 15.9 Å². The first-order valence-corrected chi connectivity index (χ1v) is 10.3. The molecule has 8 heteroatoms. The van der Waals surface area contributed by atoms with Gasteiger partial charge in [-0.2, -0.15) is 4.31 Å². The van der Waals surface area contributed by atoms with E-state index in [1.54, 1.807) is 38.1 Å². The number of amides is 1. The van der Waals surface area contributed by atoms with Crippen LogP contribution in [0.2, 0.25) is 0 Å². The van der Waals surface area contributed by atoms with Gasteiger partial charge in [-0.1, -0.05) is 26.0 Å². The van der Waals surface area contributed by atoms with Crippen molar-refractivity contribution in [3.05, 3.63) is 29.8 Å². The molecule has 7 nitrogen and oxygen atoms in total. The highest BCUT2D eigenvalue weighted by molar-refractivity contribution is 7.89. The van der Waals surface area contributed by atoms with Gasteiger partial charge in [0.25, 0.3) is 0 Å². The standard InChI is InChI=1S/C18H26N2O5S/c1-3-20(4-2)26(24,25)15-9-6-14(7-10-15)8-11-16(21)19-18(17(22)23)12-5-13-18/h6-7,9-10H,3-5,8,11-13H2,1-2H3,(H,19,21)(H,22,23). The zero-order chi connectivity index (χ0) is 19.4. The molecule has 0 spiro atoms. The Morgan fingerprint density at radius 3 is 2.15 bits per heavy atom. The number of carbonyl (C=O) groups is 2. The third-order valence-corrected chi connectivity index (χ3v) is 6.97. The van der Waals surface area contributed by atoms with Crippen LogP contribution < -0.4 is 5.32 Å². The molecule has 0 heterocycles. The van der Waals surface area contributed by atoms with Crippen molar-refractivity contribution in [2.45, 2.75) is 56.4 Å². The van der Waals surface area contributed by atoms with Gasteiger partial charge >= 0.3 is 5.97 Å². The molecule has 0 aromatic heterocycles. The van der Waals surface area contributed by atoms with Gasteiger partial charge in [0.15, 0.2) is 0 Å². The first-order chi connectivity index (χ1) is 12.2. The molecule has 0 aliphatic heterocycles. The molecular formula is C18H26N2O5S. The summed E-state index contributed by atoms with van der Waals surface area (Å²) in [5.41, 5.74) is -0.268. The molecule has 0 bridgehead atoms. The van der Waals surface area contributed by atoms with Crippen LogP contribution in [-0.2, 0) is 26.0 Å². The van der Waals surface area contributed by atoms with Gasteiger partial charge in [-0.15, -0.1) is 0 Å². The van der Waals surface area contributed by atoms with Crippen molar-refractivity contribution in [1.82, 2.24) is 9.62 Å². The SMILES string of the molecule is CCN(CC)S(=O)(=O)c1ccc(CCC(=O)NC2(C(=O)O)CCC2)cc1. The lowest BCUT2D eigenvalue weighted by Gasteiger charge is -2.38. The molecule has 144 valence electrons. The maximum atomic E-state index is 12.4. The molecule has 0 atom stereocenters. The van der Waals surface area contributed by atoms with E-state index >= 15 is 0 Å². The van der Waals surface area contributed by atoms with E-state index < -0.39 is 21.5 Å². The third kappa shape index (κ3) is 4.24. The third-order valence-electron chi connectivity index (χ3n) is 4.90. The average Bonchev–Trinajstić information content (AvgIpc) is 2.57. The highest BCUT2D eigenvalue weighted by Gasteiger charge is 2.45. The van der Waals surface area contributed by atoms with Crippen molar-refractivity contribution in [3.63, 3.8) is 0 Å². The average molecular weight is 382 g/mol. The van der Waals surface area contributed by atoms with Crippen LogP contribution in [0.3, 0.4) is 0 Å². The van der Waals surface area contributed by atoms with E-state index in [-0.39, 0.29) is 17.2 Å². The first kappa shape index (κ1) is 20.4. The molecule has 26 heavy (non-hydrogen) atoms. The number of aryl methyl sites for hydroxylation is 1. The lowest BCUT2D eigenvalue weighted by molar-refractivity contribution is -0.151. The van der Waals surface area contributed by atoms with Gasteiger partial charge in [-0.25, -0.2) is 13.2 Å². The second kappa shape index (κ2) is 8.18. The Bertz CT molecular complexity index is 750. The predicted molar refractivity (Wildman–Crippen MR) is 97.2 cm³/mol. The number of hydrogen-bond acceptors (Lipinski definition) is 4. The molecule has 0 saturated heterocycles. The summed E-state index contributed by atoms with van der Waals surface area (Å²) >= 11 is 0. The van der Waals surface area contributed by atoms with E-state index in [2.05, 4.69) is 5.32 Å². The summed E-state index contributed by atoms with van der Waals surface area (Å²) in [5, 5.41) is 11.9. The van der Waals surface area contributed by atoms with Crippen molar-refractivity contribution >= 4 is 21.9 Å². The van der Waals surface area contributed by atoms with Crippen molar-refractivity contribution in [3.8, 4) is 0 Å². The quantitative estimate of drug-likeness (QED) is 0.677. The van der Waals surface area contributed by atoms with Crippen LogP contribution in [-0.4, -0.2) is 48.3 Å². The second-order valence-electron chi connectivity index (χ2n) is 6.52. The van der Waals surface area contributed by atoms with Gasteiger partial charge in [0.05, 0.1) is 4.90 Å². The van der Waals surface area contributed by atoms with Crippen molar-refractivity contribution in [2.24, 2.45) is 0 Å². The van der Waals surface area contributed by atoms with E-state index in [9.17, 15) is 23.1 Å². The number of aliphatic carboxylic acids is 1. The maximum Gasteiger partial charge on any atom is 0.329 e. The number of rotatable bonds is 9. The summed E-state index contributed by atoms with van der Waals surface area (Å²) in [6.07, 6.45) is 2.32. The van der Waals surface area contributed by atoms with Crippen LogP contribution in [0.5, 0.6) is 0 Å². The van der Waals surface area contributed by atoms with E-state index in [1.165, 1.54) is 4.31 Å². The number of carboxylic acid groups (broad SMARTS) is 1. The lowest BCUT2D eigenvalue weighted by atomic mass is 9.76. The molecule has 0 radical (unpaired) electrons. The fourth-order valence-electron chi connectivity index (χ4n) is 3.05. The smallest absolute Gasteiger partial charge is 0.329 e. The van der Waals surface area contributed by atoms with Gasteiger partial charge in [-0.3, -0.25) is 4.79 Å². The lowest BCUT2D eigenvalue weighted by Crippen LogP contribution is -2.59. The molecule has 1 saturated carbocycles. The number of benzene rings is 1. The zero-order valence-electron chi connectivity index (χ0n) is 15.2. The molecular weight excluding hydrogens is 356 g/mol. The number of carbonyl (C=O) groups excluding carboxylic acids is 1. The molecule has 1 fully saturated rings. The van der Waals surface area contributed by atoms with E-state index in [0.717, 1.165) is 12.0 Å². The fourth-order valence-corrected chi connectivity index (χ4v) is 4.51. The molecule has 1 aromatic carbocycles. The van der Waals surface area contributed by atoms with Crippen LogP contribution in [0.15, 0.2) is 29.2 Å². The number of hydrogen-bond donors (Lipinski definition) is 2. The van der Waals surface area contributed by atoms with Gasteiger partial charge < -0.3 is 10.4 Å². The molecule has 1 aliphatic rings. The normalized spacial score (nSPS) is 16.1. The Hall–Kier alpha value is -1.93. The molecule has 1 aliphatic carbocycles. The summed E-state index contributed by atoms with van der Waals surface area (Å²) in [6.45, 7) is 4.40. The molecule has 1 amide bonds. The van der Waals surface area contributed by atoms with Crippen molar-refractivity contribution < 1.29 is 23.1 Å². The Labute approximate surface area is 154 Å². The van der Waals surface area contributed by atoms with Crippen LogP contribution in [0.1, 0.15) is 45.1 Å². The first-order valence-electron chi connectivity index (χ1n) is 8.88. The highest BCUT2D eigenvalue weighted by Crippen LogP contribution is 2.32. The van der Waals surface area contributed by atoms with Crippen LogP contribution >= 0.6 is 0 Å². The maximum absolute atomic E-state index is 12.4. The Balaban J connectivity index is 1.95. The van der Waals surface area contributed by atoms with Gasteiger partial charge in [0.1, 0.15) is 5.54 Å². The number of nitrogens with zero attached hydrogens (tertiary/aromatic N) is 1. The largest absolute Gasteiger partial charge is 0.480 e. The topological polar surface area (TPSA) is 104 Å². The minimum atomic E-state index is -3.49. The number of sulfonamides is 1. The predicted octanol–water partition coefficient (Wildman–Crippen LogP) is 1.77. The van der Waals surface area contributed by atoms with E-state index in [4.69, 9.17) is 0 Å². The van der Waals surface area contributed by atoms with E-state index in [0.29, 0.717) is 32.4 Å². The molecule has 2 N–H and O–H groups in total. The van der Waals surface area contributed by atoms with E-state index in [1.807, 2.05) is 0 Å². The second-order valence-corrected chi connectivity index (χ2v) is 8.46. The van der Waals surface area contributed by atoms with Gasteiger partial charge in [-0.05, 0) is 43.4 Å². The summed E-state index contributed by atoms with van der Waals surface area (Å²) in [7, 11) is -3.49. The fraction of sp³-hybridized carbons (Fsp3) is 0.556. The molecule has 1 aromatic rings. The number of carboxylic acids is 1. The van der Waals surface area contributed by atoms with Crippen LogP contribution in [0.4, 0.5) is 0 Å². The Morgan fingerprint density at radius 2 is 1.73 bits per heavy atom. The van der Waals surface area contributed by atoms with Crippen molar-refractivity contribution in [2.75, 3.05) is 13.1 Å². The highest BCUT2D eigenvalue weighted by atomic mass is 32.2. The van der Waals surface area contributed by atoms with Crippen molar-refractivity contribution in [1.29, 1.82) is 0 Å². The summed E-state index contributed by atoms with van der Waals surface area (Å²) in [5.74, 6) is -1.28. The monoisotopic (exact) mass is 382 g/mol. The van der Waals surface area contributed by atoms with Crippen LogP contribution in [0.25, 0.3) is 0 Å². The summed E-state index contributed by atoms with van der Waals surface area (Å²) in [4.78, 5) is 23.5. The minimum absolute atomic E-state index is 0.164. The zero-order valence-corrected chi connectivity index (χ0v) is 16.0. The van der Waals surface area contributed by atoms with Gasteiger partial charge in [0, 0.05) is 19.5 Å². The summed E-state index contributed by atoms with van der Waals surface area (Å²) < 4.78 is 26.3. The Morgan fingerprint density at radius 1 is 1.15 bits per heavy atom.